The molecule has 0 amide bonds. The van der Waals surface area contributed by atoms with Gasteiger partial charge in [0, 0.05) is 19.0 Å². The second-order valence-corrected chi connectivity index (χ2v) is 5.21. The highest BCUT2D eigenvalue weighted by molar-refractivity contribution is 9.10. The van der Waals surface area contributed by atoms with E-state index in [1.165, 1.54) is 0 Å². The molecule has 1 aliphatic rings. The molecule has 1 atom stereocenters. The van der Waals surface area contributed by atoms with Crippen LogP contribution in [0.4, 0.5) is 0 Å². The fraction of sp³-hybridized carbons (Fsp3) is 0.636. The number of hydrogen-bond donors (Lipinski definition) is 1. The Balaban J connectivity index is 2.41. The van der Waals surface area contributed by atoms with Gasteiger partial charge in [0.15, 0.2) is 5.69 Å². The quantitative estimate of drug-likeness (QED) is 0.924. The lowest BCUT2D eigenvalue weighted by atomic mass is 10.0. The van der Waals surface area contributed by atoms with Crippen molar-refractivity contribution in [1.82, 2.24) is 14.7 Å². The van der Waals surface area contributed by atoms with Crippen LogP contribution in [-0.2, 0) is 6.54 Å². The van der Waals surface area contributed by atoms with Crippen LogP contribution in [0.1, 0.15) is 35.4 Å². The van der Waals surface area contributed by atoms with Crippen LogP contribution in [0.15, 0.2) is 4.47 Å². The van der Waals surface area contributed by atoms with Gasteiger partial charge in [-0.05, 0) is 42.9 Å². The summed E-state index contributed by atoms with van der Waals surface area (Å²) in [6.07, 6.45) is 1.06. The number of likely N-dealkylation sites (tertiary alicyclic amines) is 1. The maximum atomic E-state index is 11.1. The first kappa shape index (κ1) is 12.6. The Bertz CT molecular complexity index is 444. The standard InChI is InChI=1S/C11H16BrN3O2/c1-3-15-10(7-4-5-14(2)6-7)8(12)9(13-15)11(16)17/h7H,3-6H2,1-2H3,(H,16,17). The third-order valence-electron chi connectivity index (χ3n) is 3.21. The van der Waals surface area contributed by atoms with Gasteiger partial charge in [-0.1, -0.05) is 0 Å². The van der Waals surface area contributed by atoms with Crippen LogP contribution >= 0.6 is 15.9 Å². The van der Waals surface area contributed by atoms with E-state index in [0.717, 1.165) is 25.2 Å². The number of likely N-dealkylation sites (N-methyl/N-ethyl adjacent to an activating group) is 1. The van der Waals surface area contributed by atoms with Crippen molar-refractivity contribution in [3.63, 3.8) is 0 Å². The molecule has 1 saturated heterocycles. The minimum atomic E-state index is -0.975. The molecule has 2 rings (SSSR count). The van der Waals surface area contributed by atoms with Gasteiger partial charge in [0.1, 0.15) is 0 Å². The predicted octanol–water partition coefficient (Wildman–Crippen LogP) is 1.78. The van der Waals surface area contributed by atoms with E-state index in [1.54, 1.807) is 4.68 Å². The smallest absolute Gasteiger partial charge is 0.357 e. The van der Waals surface area contributed by atoms with Crippen molar-refractivity contribution in [1.29, 1.82) is 0 Å². The lowest BCUT2D eigenvalue weighted by Crippen LogP contribution is -2.15. The largest absolute Gasteiger partial charge is 0.476 e. The van der Waals surface area contributed by atoms with E-state index in [9.17, 15) is 4.79 Å². The molecule has 0 saturated carbocycles. The number of aromatic carboxylic acids is 1. The van der Waals surface area contributed by atoms with E-state index in [2.05, 4.69) is 33.0 Å². The normalized spacial score (nSPS) is 21.0. The summed E-state index contributed by atoms with van der Waals surface area (Å²) >= 11 is 3.39. The van der Waals surface area contributed by atoms with Gasteiger partial charge in [-0.15, -0.1) is 0 Å². The molecule has 1 N–H and O–H groups in total. The van der Waals surface area contributed by atoms with Crippen molar-refractivity contribution in [3.05, 3.63) is 15.9 Å². The van der Waals surface area contributed by atoms with Gasteiger partial charge in [-0.2, -0.15) is 5.10 Å². The lowest BCUT2D eigenvalue weighted by molar-refractivity contribution is 0.0688. The fourth-order valence-corrected chi connectivity index (χ4v) is 3.16. The highest BCUT2D eigenvalue weighted by Gasteiger charge is 2.29. The van der Waals surface area contributed by atoms with E-state index in [0.29, 0.717) is 16.9 Å². The Kier molecular flexibility index (Phi) is 3.53. The molecule has 0 aromatic carbocycles. The molecule has 0 bridgehead atoms. The van der Waals surface area contributed by atoms with Gasteiger partial charge < -0.3 is 10.0 Å². The number of aryl methyl sites for hydroxylation is 1. The molecule has 1 aromatic rings. The first-order valence-electron chi connectivity index (χ1n) is 5.72. The summed E-state index contributed by atoms with van der Waals surface area (Å²) in [4.78, 5) is 13.3. The second kappa shape index (κ2) is 4.78. The molecule has 1 aliphatic heterocycles. The Morgan fingerprint density at radius 3 is 2.82 bits per heavy atom. The van der Waals surface area contributed by atoms with E-state index in [4.69, 9.17) is 5.11 Å². The number of carboxylic acid groups (broad SMARTS) is 1. The minimum Gasteiger partial charge on any atom is -0.476 e. The second-order valence-electron chi connectivity index (χ2n) is 4.42. The lowest BCUT2D eigenvalue weighted by Gasteiger charge is -2.12. The molecule has 6 heteroatoms. The summed E-state index contributed by atoms with van der Waals surface area (Å²) in [5, 5.41) is 13.2. The highest BCUT2D eigenvalue weighted by atomic mass is 79.9. The van der Waals surface area contributed by atoms with Crippen LogP contribution < -0.4 is 0 Å². The first-order valence-corrected chi connectivity index (χ1v) is 6.52. The van der Waals surface area contributed by atoms with Gasteiger partial charge in [0.05, 0.1) is 10.2 Å². The van der Waals surface area contributed by atoms with Crippen LogP contribution in [0.25, 0.3) is 0 Å². The topological polar surface area (TPSA) is 58.4 Å². The van der Waals surface area contributed by atoms with Crippen LogP contribution in [0.2, 0.25) is 0 Å². The van der Waals surface area contributed by atoms with E-state index in [-0.39, 0.29) is 5.69 Å². The summed E-state index contributed by atoms with van der Waals surface area (Å²) in [5.41, 5.74) is 1.14. The monoisotopic (exact) mass is 301 g/mol. The van der Waals surface area contributed by atoms with E-state index in [1.807, 2.05) is 6.92 Å². The maximum Gasteiger partial charge on any atom is 0.357 e. The Morgan fingerprint density at radius 1 is 1.65 bits per heavy atom. The third-order valence-corrected chi connectivity index (χ3v) is 3.99. The van der Waals surface area contributed by atoms with Crippen LogP contribution in [-0.4, -0.2) is 45.9 Å². The minimum absolute atomic E-state index is 0.122. The van der Waals surface area contributed by atoms with Crippen molar-refractivity contribution in [2.24, 2.45) is 0 Å². The summed E-state index contributed by atoms with van der Waals surface area (Å²) in [6.45, 7) is 4.69. The van der Waals surface area contributed by atoms with Crippen LogP contribution in [0.3, 0.4) is 0 Å². The Hall–Kier alpha value is -0.880. The number of hydrogen-bond acceptors (Lipinski definition) is 3. The van der Waals surface area contributed by atoms with Gasteiger partial charge in [0.2, 0.25) is 0 Å². The third kappa shape index (κ3) is 2.24. The van der Waals surface area contributed by atoms with E-state index < -0.39 is 5.97 Å². The van der Waals surface area contributed by atoms with Crippen molar-refractivity contribution >= 4 is 21.9 Å². The molecule has 94 valence electrons. The average Bonchev–Trinajstić information content (AvgIpc) is 2.81. The number of rotatable bonds is 3. The molecule has 0 radical (unpaired) electrons. The van der Waals surface area contributed by atoms with Gasteiger partial charge in [0.25, 0.3) is 0 Å². The Morgan fingerprint density at radius 2 is 2.35 bits per heavy atom. The number of carboxylic acids is 1. The number of aromatic nitrogens is 2. The number of nitrogens with zero attached hydrogens (tertiary/aromatic N) is 3. The molecule has 0 aliphatic carbocycles. The van der Waals surface area contributed by atoms with Crippen LogP contribution in [0.5, 0.6) is 0 Å². The predicted molar refractivity (Wildman–Crippen MR) is 67.4 cm³/mol. The zero-order chi connectivity index (χ0) is 12.6. The molecular formula is C11H16BrN3O2. The fourth-order valence-electron chi connectivity index (χ4n) is 2.38. The van der Waals surface area contributed by atoms with Gasteiger partial charge in [-0.25, -0.2) is 4.79 Å². The summed E-state index contributed by atoms with van der Waals surface area (Å²) in [5.74, 6) is -0.605. The van der Waals surface area contributed by atoms with Crippen molar-refractivity contribution in [2.75, 3.05) is 20.1 Å². The van der Waals surface area contributed by atoms with Crippen molar-refractivity contribution in [3.8, 4) is 0 Å². The summed E-state index contributed by atoms with van der Waals surface area (Å²) in [7, 11) is 2.08. The number of carbonyl (C=O) groups is 1. The summed E-state index contributed by atoms with van der Waals surface area (Å²) in [6, 6.07) is 0. The van der Waals surface area contributed by atoms with Gasteiger partial charge in [-0.3, -0.25) is 4.68 Å². The molecule has 1 fully saturated rings. The number of halogens is 1. The molecule has 1 unspecified atom stereocenters. The van der Waals surface area contributed by atoms with Crippen molar-refractivity contribution < 1.29 is 9.90 Å². The average molecular weight is 302 g/mol. The van der Waals surface area contributed by atoms with Gasteiger partial charge >= 0.3 is 5.97 Å². The first-order chi connectivity index (χ1) is 8.04. The van der Waals surface area contributed by atoms with E-state index >= 15 is 0 Å². The molecule has 0 spiro atoms. The SMILES string of the molecule is CCn1nc(C(=O)O)c(Br)c1C1CCN(C)C1. The molecule has 17 heavy (non-hydrogen) atoms. The Labute approximate surface area is 109 Å². The molecule has 2 heterocycles. The summed E-state index contributed by atoms with van der Waals surface area (Å²) < 4.78 is 2.45. The maximum absolute atomic E-state index is 11.1. The zero-order valence-corrected chi connectivity index (χ0v) is 11.6. The molecule has 1 aromatic heterocycles. The highest BCUT2D eigenvalue weighted by Crippen LogP contribution is 2.33. The van der Waals surface area contributed by atoms with Crippen LogP contribution in [0, 0.1) is 0 Å². The molecule has 5 nitrogen and oxygen atoms in total. The zero-order valence-electron chi connectivity index (χ0n) is 9.98. The van der Waals surface area contributed by atoms with Crippen molar-refractivity contribution in [2.45, 2.75) is 25.8 Å². The molecular weight excluding hydrogens is 286 g/mol.